The molecule has 0 aliphatic rings. The molecule has 1 heterocycles. The number of anilines is 2. The molecule has 1 aromatic heterocycles. The number of nitrogens with one attached hydrogen (secondary N) is 4. The number of hydrogen-bond donors (Lipinski definition) is 4. The molecule has 8 nitrogen and oxygen atoms in total. The van der Waals surface area contributed by atoms with Crippen LogP contribution in [0.4, 0.5) is 11.6 Å². The van der Waals surface area contributed by atoms with Crippen molar-refractivity contribution in [2.24, 2.45) is 0 Å². The highest BCUT2D eigenvalue weighted by Gasteiger charge is 2.07. The van der Waals surface area contributed by atoms with Gasteiger partial charge in [0.05, 0.1) is 6.42 Å². The zero-order valence-electron chi connectivity index (χ0n) is 18.1. The molecule has 0 aliphatic heterocycles. The number of aromatic nitrogens is 2. The first-order valence-electron chi connectivity index (χ1n) is 10.6. The van der Waals surface area contributed by atoms with Crippen LogP contribution in [0.15, 0.2) is 66.7 Å². The summed E-state index contributed by atoms with van der Waals surface area (Å²) in [4.78, 5) is 32.3. The molecule has 0 unspecified atom stereocenters. The fraction of sp³-hybridized carbons (Fsp3) is 0.250. The van der Waals surface area contributed by atoms with Crippen LogP contribution in [0.25, 0.3) is 11.4 Å². The monoisotopic (exact) mass is 432 g/mol. The molecule has 0 atom stereocenters. The number of carbonyl (C=O) groups excluding carboxylic acids is 2. The zero-order valence-corrected chi connectivity index (χ0v) is 18.1. The second kappa shape index (κ2) is 12.0. The van der Waals surface area contributed by atoms with Crippen LogP contribution in [-0.2, 0) is 16.0 Å². The molecule has 0 radical (unpaired) electrons. The van der Waals surface area contributed by atoms with Crippen molar-refractivity contribution in [2.45, 2.75) is 13.3 Å². The summed E-state index contributed by atoms with van der Waals surface area (Å²) in [6, 6.07) is 21.2. The number of rotatable bonds is 11. The molecular formula is C24H28N6O2. The number of nitrogens with zero attached hydrogens (tertiary/aromatic N) is 2. The standard InChI is InChI=1S/C24H28N6O2/c1-18(31)25-12-13-26-21-17-22(30-24(29-21)20-10-6-3-7-11-20)27-14-15-28-23(32)16-19-8-4-2-5-9-19/h2-11,17H,12-16H2,1H3,(H,25,31)(H,28,32)(H2,26,27,29,30). The average molecular weight is 433 g/mol. The van der Waals surface area contributed by atoms with Crippen molar-refractivity contribution in [1.82, 2.24) is 20.6 Å². The summed E-state index contributed by atoms with van der Waals surface area (Å²) < 4.78 is 0. The van der Waals surface area contributed by atoms with E-state index < -0.39 is 0 Å². The highest BCUT2D eigenvalue weighted by Crippen LogP contribution is 2.19. The Hall–Kier alpha value is -3.94. The number of hydrogen-bond acceptors (Lipinski definition) is 6. The van der Waals surface area contributed by atoms with Crippen LogP contribution in [0, 0.1) is 0 Å². The van der Waals surface area contributed by atoms with Crippen molar-refractivity contribution in [2.75, 3.05) is 36.8 Å². The van der Waals surface area contributed by atoms with Gasteiger partial charge in [0.1, 0.15) is 11.6 Å². The van der Waals surface area contributed by atoms with E-state index in [0.29, 0.717) is 50.1 Å². The molecule has 0 saturated heterocycles. The molecule has 166 valence electrons. The zero-order chi connectivity index (χ0) is 22.6. The summed E-state index contributed by atoms with van der Waals surface area (Å²) in [7, 11) is 0. The molecule has 4 N–H and O–H groups in total. The molecule has 2 aromatic carbocycles. The molecule has 2 amide bonds. The van der Waals surface area contributed by atoms with Gasteiger partial charge in [-0.1, -0.05) is 60.7 Å². The van der Waals surface area contributed by atoms with E-state index in [0.717, 1.165) is 11.1 Å². The van der Waals surface area contributed by atoms with Gasteiger partial charge < -0.3 is 21.3 Å². The van der Waals surface area contributed by atoms with Crippen molar-refractivity contribution in [3.63, 3.8) is 0 Å². The first-order chi connectivity index (χ1) is 15.6. The molecule has 0 spiro atoms. The summed E-state index contributed by atoms with van der Waals surface area (Å²) in [5, 5.41) is 12.1. The Morgan fingerprint density at radius 3 is 1.91 bits per heavy atom. The van der Waals surface area contributed by atoms with Crippen molar-refractivity contribution in [3.05, 3.63) is 72.3 Å². The van der Waals surface area contributed by atoms with E-state index in [4.69, 9.17) is 0 Å². The van der Waals surface area contributed by atoms with E-state index in [9.17, 15) is 9.59 Å². The fourth-order valence-electron chi connectivity index (χ4n) is 3.01. The molecular weight excluding hydrogens is 404 g/mol. The van der Waals surface area contributed by atoms with Crippen LogP contribution in [0.5, 0.6) is 0 Å². The Bertz CT molecular complexity index is 1010. The van der Waals surface area contributed by atoms with Gasteiger partial charge >= 0.3 is 0 Å². The smallest absolute Gasteiger partial charge is 0.224 e. The number of carbonyl (C=O) groups is 2. The van der Waals surface area contributed by atoms with Crippen LogP contribution in [0.1, 0.15) is 12.5 Å². The Morgan fingerprint density at radius 2 is 1.31 bits per heavy atom. The molecule has 32 heavy (non-hydrogen) atoms. The van der Waals surface area contributed by atoms with Crippen molar-refractivity contribution < 1.29 is 9.59 Å². The maximum atomic E-state index is 12.1. The minimum absolute atomic E-state index is 0.0222. The van der Waals surface area contributed by atoms with E-state index in [1.165, 1.54) is 6.92 Å². The molecule has 8 heteroatoms. The predicted octanol–water partition coefficient (Wildman–Crippen LogP) is 2.46. The minimum Gasteiger partial charge on any atom is -0.368 e. The van der Waals surface area contributed by atoms with E-state index in [1.54, 1.807) is 0 Å². The first kappa shape index (κ1) is 22.7. The predicted molar refractivity (Wildman–Crippen MR) is 126 cm³/mol. The lowest BCUT2D eigenvalue weighted by molar-refractivity contribution is -0.120. The largest absolute Gasteiger partial charge is 0.368 e. The molecule has 0 fully saturated rings. The van der Waals surface area contributed by atoms with E-state index >= 15 is 0 Å². The fourth-order valence-corrected chi connectivity index (χ4v) is 3.01. The van der Waals surface area contributed by atoms with E-state index in [1.807, 2.05) is 66.7 Å². The summed E-state index contributed by atoms with van der Waals surface area (Å²) >= 11 is 0. The van der Waals surface area contributed by atoms with Gasteiger partial charge in [-0.25, -0.2) is 9.97 Å². The van der Waals surface area contributed by atoms with Crippen LogP contribution in [0.2, 0.25) is 0 Å². The van der Waals surface area contributed by atoms with Gasteiger partial charge in [-0.3, -0.25) is 9.59 Å². The van der Waals surface area contributed by atoms with Gasteiger partial charge in [-0.15, -0.1) is 0 Å². The second-order valence-corrected chi connectivity index (χ2v) is 7.18. The molecule has 0 bridgehead atoms. The maximum Gasteiger partial charge on any atom is 0.224 e. The minimum atomic E-state index is -0.0730. The third-order valence-electron chi connectivity index (χ3n) is 4.52. The van der Waals surface area contributed by atoms with E-state index in [2.05, 4.69) is 31.2 Å². The average Bonchev–Trinajstić information content (AvgIpc) is 2.81. The highest BCUT2D eigenvalue weighted by atomic mass is 16.2. The quantitative estimate of drug-likeness (QED) is 0.347. The van der Waals surface area contributed by atoms with Gasteiger partial charge in [0.25, 0.3) is 0 Å². The van der Waals surface area contributed by atoms with Gasteiger partial charge in [-0.05, 0) is 5.56 Å². The second-order valence-electron chi connectivity index (χ2n) is 7.18. The maximum absolute atomic E-state index is 12.1. The summed E-state index contributed by atoms with van der Waals surface area (Å²) in [6.07, 6.45) is 0.356. The molecule has 3 aromatic rings. The van der Waals surface area contributed by atoms with Crippen LogP contribution < -0.4 is 21.3 Å². The summed E-state index contributed by atoms with van der Waals surface area (Å²) in [5.41, 5.74) is 1.88. The van der Waals surface area contributed by atoms with Gasteiger partial charge in [0.15, 0.2) is 5.82 Å². The molecule has 0 aliphatic carbocycles. The van der Waals surface area contributed by atoms with Gasteiger partial charge in [-0.2, -0.15) is 0 Å². The topological polar surface area (TPSA) is 108 Å². The Balaban J connectivity index is 1.57. The summed E-state index contributed by atoms with van der Waals surface area (Å²) in [5.74, 6) is 1.80. The Kier molecular flexibility index (Phi) is 8.56. The number of amides is 2. The third-order valence-corrected chi connectivity index (χ3v) is 4.52. The summed E-state index contributed by atoms with van der Waals surface area (Å²) in [6.45, 7) is 3.52. The van der Waals surface area contributed by atoms with Crippen LogP contribution >= 0.6 is 0 Å². The van der Waals surface area contributed by atoms with Gasteiger partial charge in [0, 0.05) is 44.7 Å². The lowest BCUT2D eigenvalue weighted by Gasteiger charge is -2.12. The Morgan fingerprint density at radius 1 is 0.750 bits per heavy atom. The SMILES string of the molecule is CC(=O)NCCNc1cc(NCCNC(=O)Cc2ccccc2)nc(-c2ccccc2)n1. The first-order valence-corrected chi connectivity index (χ1v) is 10.6. The van der Waals surface area contributed by atoms with Crippen LogP contribution in [-0.4, -0.2) is 48.0 Å². The lowest BCUT2D eigenvalue weighted by Crippen LogP contribution is -2.30. The molecule has 3 rings (SSSR count). The van der Waals surface area contributed by atoms with Crippen LogP contribution in [0.3, 0.4) is 0 Å². The van der Waals surface area contributed by atoms with Crippen molar-refractivity contribution in [3.8, 4) is 11.4 Å². The van der Waals surface area contributed by atoms with Crippen molar-refractivity contribution >= 4 is 23.5 Å². The lowest BCUT2D eigenvalue weighted by atomic mass is 10.1. The third kappa shape index (κ3) is 7.71. The Labute approximate surface area is 187 Å². The number of benzene rings is 2. The van der Waals surface area contributed by atoms with E-state index in [-0.39, 0.29) is 11.8 Å². The highest BCUT2D eigenvalue weighted by molar-refractivity contribution is 5.78. The van der Waals surface area contributed by atoms with Crippen molar-refractivity contribution in [1.29, 1.82) is 0 Å². The normalized spacial score (nSPS) is 10.3. The molecule has 0 saturated carbocycles. The van der Waals surface area contributed by atoms with Gasteiger partial charge in [0.2, 0.25) is 11.8 Å².